The van der Waals surface area contributed by atoms with Crippen molar-refractivity contribution >= 4 is 0 Å². The zero-order valence-electron chi connectivity index (χ0n) is 12.5. The summed E-state index contributed by atoms with van der Waals surface area (Å²) in [4.78, 5) is 4.99. The van der Waals surface area contributed by atoms with Gasteiger partial charge in [0.05, 0.1) is 0 Å². The molecule has 1 fully saturated rings. The summed E-state index contributed by atoms with van der Waals surface area (Å²) in [5, 5.41) is 3.75. The zero-order valence-corrected chi connectivity index (χ0v) is 12.5. The molecule has 0 bridgehead atoms. The minimum atomic E-state index is 0.623. The number of nitrogens with zero attached hydrogens (tertiary/aromatic N) is 2. The van der Waals surface area contributed by atoms with E-state index in [-0.39, 0.29) is 0 Å². The first-order valence-electron chi connectivity index (χ1n) is 7.42. The summed E-state index contributed by atoms with van der Waals surface area (Å²) in [6.07, 6.45) is 6.89. The number of hydrogen-bond acceptors (Lipinski definition) is 3. The SMILES string of the molecule is C=CCCCC(NCCC)C1CN(C)CCN1C. The van der Waals surface area contributed by atoms with Crippen LogP contribution in [0.3, 0.4) is 0 Å². The molecule has 0 aromatic rings. The zero-order chi connectivity index (χ0) is 13.4. The first-order valence-corrected chi connectivity index (χ1v) is 7.42. The Bertz CT molecular complexity index is 230. The lowest BCUT2D eigenvalue weighted by molar-refractivity contribution is 0.0847. The Morgan fingerprint density at radius 2 is 2.17 bits per heavy atom. The molecule has 1 aliphatic rings. The molecule has 1 N–H and O–H groups in total. The third kappa shape index (κ3) is 5.09. The second-order valence-corrected chi connectivity index (χ2v) is 5.59. The molecule has 18 heavy (non-hydrogen) atoms. The van der Waals surface area contributed by atoms with Crippen LogP contribution in [0.15, 0.2) is 12.7 Å². The van der Waals surface area contributed by atoms with Crippen molar-refractivity contribution in [3.05, 3.63) is 12.7 Å². The maximum Gasteiger partial charge on any atom is 0.0373 e. The Hall–Kier alpha value is -0.380. The van der Waals surface area contributed by atoms with Gasteiger partial charge in [-0.1, -0.05) is 13.0 Å². The topological polar surface area (TPSA) is 18.5 Å². The van der Waals surface area contributed by atoms with Crippen LogP contribution in [0.4, 0.5) is 0 Å². The van der Waals surface area contributed by atoms with Gasteiger partial charge in [-0.05, 0) is 46.3 Å². The van der Waals surface area contributed by atoms with E-state index >= 15 is 0 Å². The summed E-state index contributed by atoms with van der Waals surface area (Å²) < 4.78 is 0. The van der Waals surface area contributed by atoms with Crippen LogP contribution < -0.4 is 5.32 Å². The molecule has 1 aliphatic heterocycles. The third-order valence-corrected chi connectivity index (χ3v) is 3.94. The van der Waals surface area contributed by atoms with Crippen molar-refractivity contribution in [3.8, 4) is 0 Å². The van der Waals surface area contributed by atoms with Gasteiger partial charge in [-0.2, -0.15) is 0 Å². The molecule has 2 atom stereocenters. The summed E-state index contributed by atoms with van der Waals surface area (Å²) >= 11 is 0. The molecule has 0 aromatic heterocycles. The molecular weight excluding hydrogens is 222 g/mol. The number of allylic oxidation sites excluding steroid dienone is 1. The summed E-state index contributed by atoms with van der Waals surface area (Å²) in [6, 6.07) is 1.28. The van der Waals surface area contributed by atoms with Gasteiger partial charge in [0.1, 0.15) is 0 Å². The molecule has 0 radical (unpaired) electrons. The maximum atomic E-state index is 3.82. The van der Waals surface area contributed by atoms with Gasteiger partial charge >= 0.3 is 0 Å². The Morgan fingerprint density at radius 3 is 2.83 bits per heavy atom. The van der Waals surface area contributed by atoms with Crippen molar-refractivity contribution < 1.29 is 0 Å². The van der Waals surface area contributed by atoms with E-state index in [1.807, 2.05) is 6.08 Å². The highest BCUT2D eigenvalue weighted by Crippen LogP contribution is 2.15. The van der Waals surface area contributed by atoms with Crippen LogP contribution in [0, 0.1) is 0 Å². The Balaban J connectivity index is 2.51. The van der Waals surface area contributed by atoms with E-state index in [9.17, 15) is 0 Å². The molecule has 1 heterocycles. The van der Waals surface area contributed by atoms with Crippen LogP contribution in [0.25, 0.3) is 0 Å². The van der Waals surface area contributed by atoms with Gasteiger partial charge in [-0.15, -0.1) is 6.58 Å². The van der Waals surface area contributed by atoms with Gasteiger partial charge in [0.25, 0.3) is 0 Å². The summed E-state index contributed by atoms with van der Waals surface area (Å²) in [5.41, 5.74) is 0. The fraction of sp³-hybridized carbons (Fsp3) is 0.867. The maximum absolute atomic E-state index is 3.82. The van der Waals surface area contributed by atoms with E-state index in [1.165, 1.54) is 38.9 Å². The normalized spacial score (nSPS) is 24.1. The van der Waals surface area contributed by atoms with E-state index < -0.39 is 0 Å². The van der Waals surface area contributed by atoms with E-state index in [4.69, 9.17) is 0 Å². The van der Waals surface area contributed by atoms with E-state index in [1.54, 1.807) is 0 Å². The molecule has 3 nitrogen and oxygen atoms in total. The molecular formula is C15H31N3. The lowest BCUT2D eigenvalue weighted by atomic mass is 9.98. The predicted octanol–water partition coefficient (Wildman–Crippen LogP) is 1.96. The fourth-order valence-corrected chi connectivity index (χ4v) is 2.72. The Labute approximate surface area is 113 Å². The van der Waals surface area contributed by atoms with Crippen molar-refractivity contribution in [2.75, 3.05) is 40.3 Å². The predicted molar refractivity (Wildman–Crippen MR) is 80.0 cm³/mol. The minimum absolute atomic E-state index is 0.623. The summed E-state index contributed by atoms with van der Waals surface area (Å²) in [5.74, 6) is 0. The molecule has 3 heteroatoms. The highest BCUT2D eigenvalue weighted by Gasteiger charge is 2.28. The van der Waals surface area contributed by atoms with Crippen LogP contribution in [0.1, 0.15) is 32.6 Å². The lowest BCUT2D eigenvalue weighted by Crippen LogP contribution is -2.58. The largest absolute Gasteiger partial charge is 0.312 e. The number of rotatable bonds is 8. The second-order valence-electron chi connectivity index (χ2n) is 5.59. The monoisotopic (exact) mass is 253 g/mol. The second kappa shape index (κ2) is 8.68. The highest BCUT2D eigenvalue weighted by atomic mass is 15.3. The lowest BCUT2D eigenvalue weighted by Gasteiger charge is -2.42. The summed E-state index contributed by atoms with van der Waals surface area (Å²) in [6.45, 7) is 10.8. The van der Waals surface area contributed by atoms with Crippen LogP contribution >= 0.6 is 0 Å². The third-order valence-electron chi connectivity index (χ3n) is 3.94. The van der Waals surface area contributed by atoms with Crippen LogP contribution in [-0.4, -0.2) is 62.2 Å². The first kappa shape index (κ1) is 15.7. The number of likely N-dealkylation sites (N-methyl/N-ethyl adjacent to an activating group) is 2. The van der Waals surface area contributed by atoms with E-state index in [2.05, 4.69) is 42.7 Å². The Morgan fingerprint density at radius 1 is 1.39 bits per heavy atom. The highest BCUT2D eigenvalue weighted by molar-refractivity contribution is 4.89. The smallest absolute Gasteiger partial charge is 0.0373 e. The van der Waals surface area contributed by atoms with Gasteiger partial charge in [-0.25, -0.2) is 0 Å². The van der Waals surface area contributed by atoms with E-state index in [0.29, 0.717) is 12.1 Å². The average molecular weight is 253 g/mol. The molecule has 2 unspecified atom stereocenters. The van der Waals surface area contributed by atoms with Crippen molar-refractivity contribution in [1.82, 2.24) is 15.1 Å². The van der Waals surface area contributed by atoms with Gasteiger partial charge < -0.3 is 10.2 Å². The number of unbranched alkanes of at least 4 members (excludes halogenated alkanes) is 1. The number of hydrogen-bond donors (Lipinski definition) is 1. The van der Waals surface area contributed by atoms with E-state index in [0.717, 1.165) is 13.0 Å². The Kier molecular flexibility index (Phi) is 7.56. The van der Waals surface area contributed by atoms with Gasteiger partial charge in [0.15, 0.2) is 0 Å². The van der Waals surface area contributed by atoms with Crippen molar-refractivity contribution in [3.63, 3.8) is 0 Å². The van der Waals surface area contributed by atoms with Crippen LogP contribution in [0.5, 0.6) is 0 Å². The van der Waals surface area contributed by atoms with Gasteiger partial charge in [0, 0.05) is 31.7 Å². The van der Waals surface area contributed by atoms with Gasteiger partial charge in [-0.3, -0.25) is 4.90 Å². The summed E-state index contributed by atoms with van der Waals surface area (Å²) in [7, 11) is 4.51. The van der Waals surface area contributed by atoms with Crippen molar-refractivity contribution in [1.29, 1.82) is 0 Å². The molecule has 1 saturated heterocycles. The fourth-order valence-electron chi connectivity index (χ4n) is 2.72. The number of nitrogens with one attached hydrogen (secondary N) is 1. The minimum Gasteiger partial charge on any atom is -0.312 e. The molecule has 0 spiro atoms. The van der Waals surface area contributed by atoms with Crippen molar-refractivity contribution in [2.24, 2.45) is 0 Å². The quantitative estimate of drug-likeness (QED) is 0.527. The standard InChI is InChI=1S/C15H31N3/c1-5-7-8-9-14(16-10-6-2)15-13-17(3)11-12-18(15)4/h5,14-16H,1,6-13H2,2-4H3. The molecule has 0 aliphatic carbocycles. The average Bonchev–Trinajstić information content (AvgIpc) is 2.37. The molecule has 106 valence electrons. The number of piperazine rings is 1. The first-order chi connectivity index (χ1) is 8.69. The van der Waals surface area contributed by atoms with Crippen LogP contribution in [0.2, 0.25) is 0 Å². The molecule has 0 aromatic carbocycles. The van der Waals surface area contributed by atoms with Crippen LogP contribution in [-0.2, 0) is 0 Å². The molecule has 0 amide bonds. The van der Waals surface area contributed by atoms with Gasteiger partial charge in [0.2, 0.25) is 0 Å². The molecule has 0 saturated carbocycles. The molecule has 1 rings (SSSR count). The van der Waals surface area contributed by atoms with Crippen molar-refractivity contribution in [2.45, 2.75) is 44.7 Å².